The van der Waals surface area contributed by atoms with Crippen molar-refractivity contribution in [3.05, 3.63) is 12.2 Å². The molecule has 3 aliphatic heterocycles. The van der Waals surface area contributed by atoms with E-state index in [-0.39, 0.29) is 12.3 Å². The average Bonchev–Trinajstić information content (AvgIpc) is 1.28. The molecule has 23 heteroatoms. The number of rotatable bonds is 47. The molecule has 2 amide bonds. The lowest BCUT2D eigenvalue weighted by molar-refractivity contribution is -0.386. The second-order valence-corrected chi connectivity index (χ2v) is 23.6. The molecular weight excluding hydrogens is 1100 g/mol. The lowest BCUT2D eigenvalue weighted by Crippen LogP contribution is -2.70. The summed E-state index contributed by atoms with van der Waals surface area (Å²) >= 11 is 0. The van der Waals surface area contributed by atoms with Crippen molar-refractivity contribution in [1.82, 2.24) is 10.6 Å². The van der Waals surface area contributed by atoms with Gasteiger partial charge >= 0.3 is 5.97 Å². The van der Waals surface area contributed by atoms with Crippen LogP contribution in [0.1, 0.15) is 220 Å². The number of hydrogen-bond donors (Lipinski definition) is 14. The van der Waals surface area contributed by atoms with Crippen LogP contribution in [0, 0.1) is 0 Å². The summed E-state index contributed by atoms with van der Waals surface area (Å²) in [5.74, 6) is -6.14. The number of carbonyl (C=O) groups excluding carboxylic acids is 2. The van der Waals surface area contributed by atoms with Gasteiger partial charge in [0.1, 0.15) is 67.1 Å². The van der Waals surface area contributed by atoms with E-state index in [1.54, 1.807) is 6.08 Å². The van der Waals surface area contributed by atoms with Crippen molar-refractivity contribution < 1.29 is 104 Å². The van der Waals surface area contributed by atoms with Crippen LogP contribution in [0.5, 0.6) is 0 Å². The normalized spacial score (nSPS) is 29.8. The minimum absolute atomic E-state index is 0.204. The second kappa shape index (κ2) is 43.2. The Morgan fingerprint density at radius 2 is 1.11 bits per heavy atom. The molecule has 0 aliphatic carbocycles. The number of carbonyl (C=O) groups is 3. The zero-order valence-corrected chi connectivity index (χ0v) is 50.8. The first-order chi connectivity index (χ1) is 40.4. The minimum Gasteiger partial charge on any atom is -0.477 e. The van der Waals surface area contributed by atoms with Crippen LogP contribution in [0.4, 0.5) is 0 Å². The van der Waals surface area contributed by atoms with E-state index in [2.05, 4.69) is 24.5 Å². The van der Waals surface area contributed by atoms with Gasteiger partial charge in [-0.15, -0.1) is 0 Å². The van der Waals surface area contributed by atoms with Gasteiger partial charge in [-0.3, -0.25) is 9.59 Å². The quantitative estimate of drug-likeness (QED) is 0.0303. The minimum atomic E-state index is -3.08. The summed E-state index contributed by atoms with van der Waals surface area (Å²) in [5.41, 5.74) is 0. The monoisotopic (exact) mass is 1210 g/mol. The van der Waals surface area contributed by atoms with Crippen LogP contribution in [-0.2, 0) is 42.8 Å². The molecule has 84 heavy (non-hydrogen) atoms. The maximum absolute atomic E-state index is 13.4. The summed E-state index contributed by atoms with van der Waals surface area (Å²) < 4.78 is 34.7. The standard InChI is InChI=1S/C61H112N2O21/c1-4-6-8-10-12-14-16-18-19-20-21-23-25-27-29-31-33-35-48(71)63-42(43(68)34-32-30-28-26-24-22-17-15-13-11-9-7-5-2)40-79-58-53(75)52(74)55(47(39-66)81-58)82-59-54(76)57(51(73)46(38-65)80-59)84-61(60(77)78)36-44(69)49(62-41(3)67)56(83-61)50(72)45(70)37-64/h32,34,42-47,49-59,64-66,68-70,72-76H,4-31,33,35-40H2,1-3H3,(H,62,67)(H,63,71)(H,77,78). The van der Waals surface area contributed by atoms with Gasteiger partial charge in [0.25, 0.3) is 5.79 Å². The molecule has 3 heterocycles. The van der Waals surface area contributed by atoms with Crippen molar-refractivity contribution in [3.63, 3.8) is 0 Å². The molecule has 0 aromatic carbocycles. The highest BCUT2D eigenvalue weighted by atomic mass is 16.8. The molecule has 14 N–H and O–H groups in total. The van der Waals surface area contributed by atoms with E-state index in [0.717, 1.165) is 51.9 Å². The Balaban J connectivity index is 1.64. The number of carboxylic acid groups (broad SMARTS) is 1. The molecule has 18 atom stereocenters. The highest BCUT2D eigenvalue weighted by Crippen LogP contribution is 2.38. The first-order valence-corrected chi connectivity index (χ1v) is 32.1. The summed E-state index contributed by atoms with van der Waals surface area (Å²) in [6.45, 7) is 2.11. The molecular formula is C61H112N2O21. The molecule has 3 rings (SSSR count). The Labute approximate surface area is 499 Å². The van der Waals surface area contributed by atoms with Gasteiger partial charge in [-0.05, 0) is 19.3 Å². The van der Waals surface area contributed by atoms with E-state index in [9.17, 15) is 75.7 Å². The average molecular weight is 1210 g/mol. The summed E-state index contributed by atoms with van der Waals surface area (Å²) in [4.78, 5) is 38.4. The van der Waals surface area contributed by atoms with E-state index in [1.165, 1.54) is 128 Å². The molecule has 3 aliphatic rings. The van der Waals surface area contributed by atoms with Crippen molar-refractivity contribution in [3.8, 4) is 0 Å². The second-order valence-electron chi connectivity index (χ2n) is 23.6. The maximum Gasteiger partial charge on any atom is 0.364 e. The molecule has 0 radical (unpaired) electrons. The molecule has 3 saturated heterocycles. The molecule has 23 nitrogen and oxygen atoms in total. The number of ether oxygens (including phenoxy) is 6. The third-order valence-corrected chi connectivity index (χ3v) is 16.5. The highest BCUT2D eigenvalue weighted by molar-refractivity contribution is 5.77. The van der Waals surface area contributed by atoms with Crippen LogP contribution in [0.15, 0.2) is 12.2 Å². The van der Waals surface area contributed by atoms with Gasteiger partial charge < -0.3 is 100 Å². The van der Waals surface area contributed by atoms with Crippen LogP contribution < -0.4 is 10.6 Å². The maximum atomic E-state index is 13.4. The van der Waals surface area contributed by atoms with Gasteiger partial charge in [-0.25, -0.2) is 4.79 Å². The number of allylic oxidation sites excluding steroid dienone is 1. The number of carboxylic acids is 1. The van der Waals surface area contributed by atoms with Crippen molar-refractivity contribution in [2.45, 2.75) is 330 Å². The van der Waals surface area contributed by atoms with Gasteiger partial charge in [0.2, 0.25) is 11.8 Å². The molecule has 18 unspecified atom stereocenters. The zero-order valence-electron chi connectivity index (χ0n) is 50.8. The van der Waals surface area contributed by atoms with Gasteiger partial charge in [0, 0.05) is 19.8 Å². The number of hydrogen-bond acceptors (Lipinski definition) is 20. The van der Waals surface area contributed by atoms with Crippen LogP contribution in [0.2, 0.25) is 0 Å². The van der Waals surface area contributed by atoms with Gasteiger partial charge in [0.15, 0.2) is 12.6 Å². The molecule has 492 valence electrons. The molecule has 0 bridgehead atoms. The van der Waals surface area contributed by atoms with Gasteiger partial charge in [-0.2, -0.15) is 0 Å². The van der Waals surface area contributed by atoms with Gasteiger partial charge in [0.05, 0.1) is 50.7 Å². The summed E-state index contributed by atoms with van der Waals surface area (Å²) in [6.07, 6.45) is 8.40. The molecule has 0 saturated carbocycles. The number of amides is 2. The van der Waals surface area contributed by atoms with E-state index in [4.69, 9.17) is 28.4 Å². The van der Waals surface area contributed by atoms with E-state index >= 15 is 0 Å². The molecule has 0 aromatic rings. The van der Waals surface area contributed by atoms with Crippen molar-refractivity contribution in [1.29, 1.82) is 0 Å². The third kappa shape index (κ3) is 26.7. The summed E-state index contributed by atoms with van der Waals surface area (Å²) in [5, 5.41) is 136. The topological polar surface area (TPSA) is 373 Å². The van der Waals surface area contributed by atoms with Crippen molar-refractivity contribution >= 4 is 17.8 Å². The van der Waals surface area contributed by atoms with Gasteiger partial charge in [-0.1, -0.05) is 193 Å². The van der Waals surface area contributed by atoms with E-state index in [1.807, 2.05) is 6.08 Å². The Kier molecular flexibility index (Phi) is 38.9. The van der Waals surface area contributed by atoms with Crippen molar-refractivity contribution in [2.75, 3.05) is 26.4 Å². The van der Waals surface area contributed by atoms with Crippen LogP contribution in [-0.4, -0.2) is 215 Å². The fourth-order valence-electron chi connectivity index (χ4n) is 11.3. The van der Waals surface area contributed by atoms with E-state index in [0.29, 0.717) is 12.8 Å². The van der Waals surface area contributed by atoms with Crippen LogP contribution in [0.25, 0.3) is 0 Å². The predicted octanol–water partition coefficient (Wildman–Crippen LogP) is 3.95. The van der Waals surface area contributed by atoms with Crippen LogP contribution in [0.3, 0.4) is 0 Å². The SMILES string of the molecule is CCCCCCCCCCCCCC=CC(O)C(COC1OC(CO)C(OC2OC(CO)C(O)C(OC3(C(=O)O)CC(O)C(NC(C)=O)C(C(O)C(O)CO)O3)C2O)C(O)C1O)NC(=O)CCCCCCCCCCCCCCCCCCC. The van der Waals surface area contributed by atoms with Crippen LogP contribution >= 0.6 is 0 Å². The molecule has 3 fully saturated rings. The third-order valence-electron chi connectivity index (χ3n) is 16.5. The summed E-state index contributed by atoms with van der Waals surface area (Å²) in [7, 11) is 0. The Morgan fingerprint density at radius 1 is 0.619 bits per heavy atom. The number of aliphatic hydroxyl groups is 11. The predicted molar refractivity (Wildman–Crippen MR) is 311 cm³/mol. The number of aliphatic hydroxyl groups excluding tert-OH is 11. The number of nitrogens with one attached hydrogen (secondary N) is 2. The summed E-state index contributed by atoms with van der Waals surface area (Å²) in [6, 6.07) is -2.61. The van der Waals surface area contributed by atoms with E-state index < -0.39 is 155 Å². The smallest absolute Gasteiger partial charge is 0.364 e. The lowest BCUT2D eigenvalue weighted by Gasteiger charge is -2.50. The fraction of sp³-hybridized carbons (Fsp3) is 0.918. The highest BCUT2D eigenvalue weighted by Gasteiger charge is 2.60. The zero-order chi connectivity index (χ0) is 61.9. The molecule has 0 aromatic heterocycles. The number of unbranched alkanes of at least 4 members (excludes halogenated alkanes) is 27. The Hall–Kier alpha value is -2.53. The Bertz CT molecular complexity index is 1770. The lowest BCUT2D eigenvalue weighted by atomic mass is 9.88. The Morgan fingerprint density at radius 3 is 1.58 bits per heavy atom. The fourth-order valence-corrected chi connectivity index (χ4v) is 11.3. The first-order valence-electron chi connectivity index (χ1n) is 32.1. The molecule has 0 spiro atoms. The van der Waals surface area contributed by atoms with Crippen molar-refractivity contribution in [2.24, 2.45) is 0 Å². The first kappa shape index (κ1) is 75.7. The largest absolute Gasteiger partial charge is 0.477 e. The number of aliphatic carboxylic acids is 1.